The summed E-state index contributed by atoms with van der Waals surface area (Å²) in [5.74, 6) is -0.145. The van der Waals surface area contributed by atoms with E-state index < -0.39 is 5.79 Å². The number of rotatable bonds is 2. The van der Waals surface area contributed by atoms with E-state index in [9.17, 15) is 0 Å². The minimum atomic E-state index is -0.584. The van der Waals surface area contributed by atoms with Crippen LogP contribution in [0.1, 0.15) is 33.2 Å². The number of aromatic nitrogens is 4. The van der Waals surface area contributed by atoms with Gasteiger partial charge < -0.3 is 15.2 Å². The molecule has 4 rings (SSSR count). The van der Waals surface area contributed by atoms with Gasteiger partial charge in [-0.25, -0.2) is 14.6 Å². The van der Waals surface area contributed by atoms with Gasteiger partial charge in [0.05, 0.1) is 11.6 Å². The van der Waals surface area contributed by atoms with E-state index in [-0.39, 0.29) is 18.2 Å². The second-order valence-electron chi connectivity index (χ2n) is 6.19. The Hall–Kier alpha value is -1.99. The summed E-state index contributed by atoms with van der Waals surface area (Å²) in [6.07, 6.45) is 6.15. The highest BCUT2D eigenvalue weighted by molar-refractivity contribution is 5.84. The lowest BCUT2D eigenvalue weighted by Gasteiger charge is -2.21. The zero-order valence-electron chi connectivity index (χ0n) is 12.9. The molecule has 0 saturated carbocycles. The van der Waals surface area contributed by atoms with E-state index in [2.05, 4.69) is 28.1 Å². The molecule has 2 aromatic heterocycles. The average Bonchev–Trinajstić information content (AvgIpc) is 3.10. The first-order chi connectivity index (χ1) is 10.5. The topological polar surface area (TPSA) is 88.1 Å². The predicted octanol–water partition coefficient (Wildman–Crippen LogP) is 1.82. The van der Waals surface area contributed by atoms with Crippen LogP contribution < -0.4 is 5.73 Å². The number of hydrogen-bond acceptors (Lipinski definition) is 6. The molecule has 2 N–H and O–H groups in total. The molecule has 1 aliphatic heterocycles. The summed E-state index contributed by atoms with van der Waals surface area (Å²) in [5, 5.41) is 5.23. The van der Waals surface area contributed by atoms with E-state index in [4.69, 9.17) is 15.2 Å². The third-order valence-corrected chi connectivity index (χ3v) is 4.33. The summed E-state index contributed by atoms with van der Waals surface area (Å²) in [6.45, 7) is 6.01. The van der Waals surface area contributed by atoms with Gasteiger partial charge in [0.1, 0.15) is 30.4 Å². The lowest BCUT2D eigenvalue weighted by molar-refractivity contribution is -0.148. The largest absolute Gasteiger partial charge is 0.383 e. The SMILES string of the molecule is CCC1=C[C@@H](n2ncc3c(N)ncnc32)[C@@H]2OC(C)(C)O[C@H]12. The van der Waals surface area contributed by atoms with Crippen LogP contribution in [0.3, 0.4) is 0 Å². The summed E-state index contributed by atoms with van der Waals surface area (Å²) < 4.78 is 14.0. The summed E-state index contributed by atoms with van der Waals surface area (Å²) in [6, 6.07) is -0.0477. The zero-order chi connectivity index (χ0) is 15.5. The van der Waals surface area contributed by atoms with Crippen LogP contribution in [-0.4, -0.2) is 37.7 Å². The Balaban J connectivity index is 1.81. The van der Waals surface area contributed by atoms with Gasteiger partial charge in [-0.05, 0) is 25.8 Å². The molecule has 0 radical (unpaired) electrons. The van der Waals surface area contributed by atoms with Crippen molar-refractivity contribution in [3.63, 3.8) is 0 Å². The maximum absolute atomic E-state index is 6.11. The summed E-state index contributed by atoms with van der Waals surface area (Å²) in [5.41, 5.74) is 7.86. The van der Waals surface area contributed by atoms with Gasteiger partial charge in [-0.2, -0.15) is 5.10 Å². The molecule has 0 bridgehead atoms. The smallest absolute Gasteiger partial charge is 0.164 e. The third-order valence-electron chi connectivity index (χ3n) is 4.33. The molecule has 0 spiro atoms. The molecule has 1 fully saturated rings. The molecule has 7 heteroatoms. The van der Waals surface area contributed by atoms with Crippen molar-refractivity contribution in [2.75, 3.05) is 5.73 Å². The first-order valence-electron chi connectivity index (χ1n) is 7.50. The summed E-state index contributed by atoms with van der Waals surface area (Å²) in [4.78, 5) is 8.34. The highest BCUT2D eigenvalue weighted by Crippen LogP contribution is 2.44. The first-order valence-corrected chi connectivity index (χ1v) is 7.50. The van der Waals surface area contributed by atoms with Crippen molar-refractivity contribution in [1.82, 2.24) is 19.7 Å². The fraction of sp³-hybridized carbons (Fsp3) is 0.533. The van der Waals surface area contributed by atoms with Gasteiger partial charge in [-0.15, -0.1) is 0 Å². The molecule has 0 amide bonds. The molecular weight excluding hydrogens is 282 g/mol. The maximum Gasteiger partial charge on any atom is 0.164 e. The predicted molar refractivity (Wildman–Crippen MR) is 81.0 cm³/mol. The van der Waals surface area contributed by atoms with Crippen LogP contribution in [0.2, 0.25) is 0 Å². The Morgan fingerprint density at radius 2 is 2.14 bits per heavy atom. The molecule has 116 valence electrons. The van der Waals surface area contributed by atoms with Crippen LogP contribution in [0, 0.1) is 0 Å². The lowest BCUT2D eigenvalue weighted by atomic mass is 10.1. The normalized spacial score (nSPS) is 29.8. The highest BCUT2D eigenvalue weighted by atomic mass is 16.8. The Morgan fingerprint density at radius 1 is 1.32 bits per heavy atom. The van der Waals surface area contributed by atoms with Gasteiger partial charge in [0.15, 0.2) is 11.4 Å². The molecule has 22 heavy (non-hydrogen) atoms. The van der Waals surface area contributed by atoms with E-state index in [1.54, 1.807) is 6.20 Å². The number of hydrogen-bond donors (Lipinski definition) is 1. The standard InChI is InChI=1S/C15H19N5O2/c1-4-8-5-10(12-11(8)21-15(2,3)22-12)20-14-9(6-19-20)13(16)17-7-18-14/h5-7,10-12H,4H2,1-3H3,(H2,16,17,18)/t10-,11-,12+/m1/s1. The van der Waals surface area contributed by atoms with E-state index >= 15 is 0 Å². The van der Waals surface area contributed by atoms with Crippen molar-refractivity contribution in [3.8, 4) is 0 Å². The number of nitrogens with zero attached hydrogens (tertiary/aromatic N) is 4. The van der Waals surface area contributed by atoms with Gasteiger partial charge in [0.2, 0.25) is 0 Å². The second-order valence-corrected chi connectivity index (χ2v) is 6.19. The molecule has 2 aromatic rings. The summed E-state index contributed by atoms with van der Waals surface area (Å²) in [7, 11) is 0. The van der Waals surface area contributed by atoms with Crippen molar-refractivity contribution in [3.05, 3.63) is 24.2 Å². The molecule has 0 aromatic carbocycles. The van der Waals surface area contributed by atoms with E-state index in [0.29, 0.717) is 5.82 Å². The van der Waals surface area contributed by atoms with Crippen LogP contribution in [0.4, 0.5) is 5.82 Å². The molecule has 1 saturated heterocycles. The minimum absolute atomic E-state index is 0.0246. The second kappa shape index (κ2) is 4.50. The molecular formula is C15H19N5O2. The molecule has 3 heterocycles. The van der Waals surface area contributed by atoms with E-state index in [1.807, 2.05) is 18.5 Å². The van der Waals surface area contributed by atoms with Crippen LogP contribution in [0.5, 0.6) is 0 Å². The number of ether oxygens (including phenoxy) is 2. The molecule has 0 unspecified atom stereocenters. The minimum Gasteiger partial charge on any atom is -0.383 e. The van der Waals surface area contributed by atoms with Crippen molar-refractivity contribution in [2.24, 2.45) is 0 Å². The Kier molecular flexibility index (Phi) is 2.79. The number of nitrogens with two attached hydrogens (primary N) is 1. The number of nitrogen functional groups attached to an aromatic ring is 1. The fourth-order valence-corrected chi connectivity index (χ4v) is 3.36. The molecule has 7 nitrogen and oxygen atoms in total. The van der Waals surface area contributed by atoms with E-state index in [0.717, 1.165) is 17.5 Å². The molecule has 2 aliphatic rings. The Bertz CT molecular complexity index is 766. The van der Waals surface area contributed by atoms with Crippen molar-refractivity contribution in [1.29, 1.82) is 0 Å². The monoisotopic (exact) mass is 301 g/mol. The Morgan fingerprint density at radius 3 is 2.91 bits per heavy atom. The zero-order valence-corrected chi connectivity index (χ0v) is 12.9. The third kappa shape index (κ3) is 1.85. The quantitative estimate of drug-likeness (QED) is 0.851. The van der Waals surface area contributed by atoms with Crippen LogP contribution in [-0.2, 0) is 9.47 Å². The van der Waals surface area contributed by atoms with Crippen molar-refractivity contribution >= 4 is 16.9 Å². The highest BCUT2D eigenvalue weighted by Gasteiger charge is 2.50. The molecule has 1 aliphatic carbocycles. The van der Waals surface area contributed by atoms with Gasteiger partial charge in [0, 0.05) is 0 Å². The van der Waals surface area contributed by atoms with Crippen LogP contribution in [0.25, 0.3) is 11.0 Å². The maximum atomic E-state index is 6.11. The van der Waals surface area contributed by atoms with Gasteiger partial charge in [-0.1, -0.05) is 13.0 Å². The lowest BCUT2D eigenvalue weighted by Crippen LogP contribution is -2.28. The van der Waals surface area contributed by atoms with E-state index in [1.165, 1.54) is 11.9 Å². The first kappa shape index (κ1) is 13.7. The van der Waals surface area contributed by atoms with Gasteiger partial charge in [0.25, 0.3) is 0 Å². The van der Waals surface area contributed by atoms with Crippen molar-refractivity contribution in [2.45, 2.75) is 51.2 Å². The fourth-order valence-electron chi connectivity index (χ4n) is 3.36. The van der Waals surface area contributed by atoms with Crippen LogP contribution in [0.15, 0.2) is 24.2 Å². The van der Waals surface area contributed by atoms with Crippen molar-refractivity contribution < 1.29 is 9.47 Å². The number of anilines is 1. The summed E-state index contributed by atoms with van der Waals surface area (Å²) >= 11 is 0. The van der Waals surface area contributed by atoms with Crippen LogP contribution >= 0.6 is 0 Å². The Labute approximate surface area is 128 Å². The molecule has 3 atom stereocenters. The van der Waals surface area contributed by atoms with Gasteiger partial charge >= 0.3 is 0 Å². The van der Waals surface area contributed by atoms with Gasteiger partial charge in [-0.3, -0.25) is 0 Å². The average molecular weight is 301 g/mol. The number of fused-ring (bicyclic) bond motifs is 2.